The van der Waals surface area contributed by atoms with Crippen LogP contribution in [-0.4, -0.2) is 6.03 Å². The standard InChI is InChI=1S/C18H26N2O/c1-18(2,3)15-9-11-16(12-10-15)20-17(21)19-13-14-7-5-4-6-8-14/h9-13H,4-8H2,1-3H3,(H2,19,20,21). The molecule has 21 heavy (non-hydrogen) atoms. The van der Waals surface area contributed by atoms with Crippen molar-refractivity contribution in [2.45, 2.75) is 58.3 Å². The molecule has 0 heterocycles. The Balaban J connectivity index is 1.87. The van der Waals surface area contributed by atoms with Crippen LogP contribution < -0.4 is 10.6 Å². The van der Waals surface area contributed by atoms with E-state index >= 15 is 0 Å². The molecule has 3 nitrogen and oxygen atoms in total. The topological polar surface area (TPSA) is 41.1 Å². The molecular formula is C18H26N2O. The van der Waals surface area contributed by atoms with Gasteiger partial charge in [0.05, 0.1) is 0 Å². The zero-order chi connectivity index (χ0) is 15.3. The van der Waals surface area contributed by atoms with Crippen LogP contribution in [0.3, 0.4) is 0 Å². The Labute approximate surface area is 127 Å². The van der Waals surface area contributed by atoms with Crippen LogP contribution in [0.2, 0.25) is 0 Å². The smallest absolute Gasteiger partial charge is 0.314 e. The fourth-order valence-electron chi connectivity index (χ4n) is 2.54. The van der Waals surface area contributed by atoms with E-state index in [0.717, 1.165) is 18.5 Å². The molecule has 0 spiro atoms. The van der Waals surface area contributed by atoms with E-state index in [1.54, 1.807) is 0 Å². The van der Waals surface area contributed by atoms with Gasteiger partial charge >= 0.3 is 6.03 Å². The van der Waals surface area contributed by atoms with Crippen molar-refractivity contribution in [3.05, 3.63) is 41.6 Å². The van der Waals surface area contributed by atoms with Crippen LogP contribution in [-0.2, 0) is 5.41 Å². The van der Waals surface area contributed by atoms with Crippen molar-refractivity contribution in [3.63, 3.8) is 0 Å². The van der Waals surface area contributed by atoms with Crippen LogP contribution in [0.5, 0.6) is 0 Å². The molecule has 0 atom stereocenters. The number of carbonyl (C=O) groups is 1. The summed E-state index contributed by atoms with van der Waals surface area (Å²) < 4.78 is 0. The molecule has 1 aromatic rings. The summed E-state index contributed by atoms with van der Waals surface area (Å²) in [5.74, 6) is 0. The van der Waals surface area contributed by atoms with E-state index in [1.807, 2.05) is 18.3 Å². The third-order valence-corrected chi connectivity index (χ3v) is 3.91. The largest absolute Gasteiger partial charge is 0.323 e. The number of benzene rings is 1. The fourth-order valence-corrected chi connectivity index (χ4v) is 2.54. The predicted molar refractivity (Wildman–Crippen MR) is 88.5 cm³/mol. The van der Waals surface area contributed by atoms with Gasteiger partial charge in [0.1, 0.15) is 0 Å². The molecule has 2 N–H and O–H groups in total. The maximum Gasteiger partial charge on any atom is 0.323 e. The molecule has 2 amide bonds. The van der Waals surface area contributed by atoms with E-state index in [0.29, 0.717) is 0 Å². The van der Waals surface area contributed by atoms with Crippen LogP contribution in [0, 0.1) is 0 Å². The maximum atomic E-state index is 11.9. The Morgan fingerprint density at radius 3 is 2.24 bits per heavy atom. The lowest BCUT2D eigenvalue weighted by Crippen LogP contribution is -2.24. The van der Waals surface area contributed by atoms with Crippen LogP contribution in [0.15, 0.2) is 36.0 Å². The highest BCUT2D eigenvalue weighted by atomic mass is 16.2. The first-order chi connectivity index (χ1) is 9.95. The van der Waals surface area contributed by atoms with E-state index in [2.05, 4.69) is 43.5 Å². The first-order valence-electron chi connectivity index (χ1n) is 7.81. The summed E-state index contributed by atoms with van der Waals surface area (Å²) in [6, 6.07) is 7.86. The number of rotatable bonds is 2. The zero-order valence-electron chi connectivity index (χ0n) is 13.3. The van der Waals surface area contributed by atoms with Crippen molar-refractivity contribution in [3.8, 4) is 0 Å². The number of allylic oxidation sites excluding steroid dienone is 1. The molecule has 1 fully saturated rings. The third-order valence-electron chi connectivity index (χ3n) is 3.91. The van der Waals surface area contributed by atoms with E-state index in [1.165, 1.54) is 30.4 Å². The van der Waals surface area contributed by atoms with Gasteiger partial charge in [0.2, 0.25) is 0 Å². The molecule has 0 aromatic heterocycles. The average Bonchev–Trinajstić information content (AvgIpc) is 2.46. The summed E-state index contributed by atoms with van der Waals surface area (Å²) in [5, 5.41) is 5.70. The number of carbonyl (C=O) groups excluding carboxylic acids is 1. The van der Waals surface area contributed by atoms with Crippen LogP contribution in [0.25, 0.3) is 0 Å². The van der Waals surface area contributed by atoms with Crippen molar-refractivity contribution in [1.29, 1.82) is 0 Å². The lowest BCUT2D eigenvalue weighted by atomic mass is 9.87. The van der Waals surface area contributed by atoms with Gasteiger partial charge in [-0.25, -0.2) is 4.79 Å². The molecule has 1 aliphatic carbocycles. The Kier molecular flexibility index (Phi) is 5.05. The van der Waals surface area contributed by atoms with Crippen molar-refractivity contribution < 1.29 is 4.79 Å². The third kappa shape index (κ3) is 4.92. The molecule has 2 rings (SSSR count). The zero-order valence-corrected chi connectivity index (χ0v) is 13.3. The van der Waals surface area contributed by atoms with Crippen molar-refractivity contribution in [2.24, 2.45) is 0 Å². The summed E-state index contributed by atoms with van der Waals surface area (Å²) >= 11 is 0. The van der Waals surface area contributed by atoms with Crippen LogP contribution in [0.4, 0.5) is 10.5 Å². The minimum absolute atomic E-state index is 0.131. The van der Waals surface area contributed by atoms with Gasteiger partial charge in [-0.2, -0.15) is 0 Å². The summed E-state index contributed by atoms with van der Waals surface area (Å²) in [4.78, 5) is 11.9. The summed E-state index contributed by atoms with van der Waals surface area (Å²) in [7, 11) is 0. The fraction of sp³-hybridized carbons (Fsp3) is 0.500. The van der Waals surface area contributed by atoms with Crippen LogP contribution in [0.1, 0.15) is 58.4 Å². The van der Waals surface area contributed by atoms with E-state index in [9.17, 15) is 4.79 Å². The molecular weight excluding hydrogens is 260 g/mol. The van der Waals surface area contributed by atoms with Gasteiger partial charge in [0, 0.05) is 11.9 Å². The molecule has 0 saturated heterocycles. The van der Waals surface area contributed by atoms with Gasteiger partial charge in [0.25, 0.3) is 0 Å². The molecule has 3 heteroatoms. The van der Waals surface area contributed by atoms with Crippen LogP contribution >= 0.6 is 0 Å². The monoisotopic (exact) mass is 286 g/mol. The molecule has 1 saturated carbocycles. The Morgan fingerprint density at radius 1 is 1.05 bits per heavy atom. The number of anilines is 1. The number of hydrogen-bond acceptors (Lipinski definition) is 1. The first-order valence-corrected chi connectivity index (χ1v) is 7.81. The van der Waals surface area contributed by atoms with Gasteiger partial charge in [-0.05, 0) is 48.8 Å². The molecule has 0 radical (unpaired) electrons. The Hall–Kier alpha value is -1.77. The van der Waals surface area contributed by atoms with Gasteiger partial charge in [0.15, 0.2) is 0 Å². The number of nitrogens with one attached hydrogen (secondary N) is 2. The van der Waals surface area contributed by atoms with E-state index in [4.69, 9.17) is 0 Å². The average molecular weight is 286 g/mol. The number of urea groups is 1. The normalized spacial score (nSPS) is 15.5. The highest BCUT2D eigenvalue weighted by Gasteiger charge is 2.13. The lowest BCUT2D eigenvalue weighted by Gasteiger charge is -2.19. The van der Waals surface area contributed by atoms with Gasteiger partial charge in [-0.15, -0.1) is 0 Å². The second-order valence-corrected chi connectivity index (χ2v) is 6.79. The summed E-state index contributed by atoms with van der Waals surface area (Å²) in [6.45, 7) is 6.54. The van der Waals surface area contributed by atoms with E-state index in [-0.39, 0.29) is 11.4 Å². The Morgan fingerprint density at radius 2 is 1.67 bits per heavy atom. The number of amides is 2. The quantitative estimate of drug-likeness (QED) is 0.793. The minimum Gasteiger partial charge on any atom is -0.314 e. The SMILES string of the molecule is CC(C)(C)c1ccc(NC(=O)NC=C2CCCCC2)cc1. The summed E-state index contributed by atoms with van der Waals surface area (Å²) in [6.07, 6.45) is 7.88. The Bertz CT molecular complexity index is 501. The molecule has 1 aliphatic rings. The highest BCUT2D eigenvalue weighted by molar-refractivity contribution is 5.89. The first kappa shape index (κ1) is 15.6. The van der Waals surface area contributed by atoms with Gasteiger partial charge < -0.3 is 10.6 Å². The molecule has 114 valence electrons. The minimum atomic E-state index is -0.170. The lowest BCUT2D eigenvalue weighted by molar-refractivity contribution is 0.255. The summed E-state index contributed by atoms with van der Waals surface area (Å²) in [5.41, 5.74) is 3.56. The second-order valence-electron chi connectivity index (χ2n) is 6.79. The highest BCUT2D eigenvalue weighted by Crippen LogP contribution is 2.23. The predicted octanol–water partition coefficient (Wildman–Crippen LogP) is 4.95. The van der Waals surface area contributed by atoms with Gasteiger partial charge in [-0.3, -0.25) is 0 Å². The van der Waals surface area contributed by atoms with Crippen molar-refractivity contribution >= 4 is 11.7 Å². The molecule has 0 unspecified atom stereocenters. The maximum absolute atomic E-state index is 11.9. The number of hydrogen-bond donors (Lipinski definition) is 2. The van der Waals surface area contributed by atoms with E-state index < -0.39 is 0 Å². The van der Waals surface area contributed by atoms with Gasteiger partial charge in [-0.1, -0.05) is 44.9 Å². The molecule has 0 bridgehead atoms. The molecule has 0 aliphatic heterocycles. The molecule has 1 aromatic carbocycles. The van der Waals surface area contributed by atoms with Crippen molar-refractivity contribution in [1.82, 2.24) is 5.32 Å². The second kappa shape index (κ2) is 6.79. The van der Waals surface area contributed by atoms with Crippen molar-refractivity contribution in [2.75, 3.05) is 5.32 Å².